The van der Waals surface area contributed by atoms with Crippen LogP contribution in [0, 0.1) is 5.41 Å². The molecule has 4 rings (SSSR count). The number of nitrogens with zero attached hydrogens (tertiary/aromatic N) is 2. The van der Waals surface area contributed by atoms with E-state index < -0.39 is 5.97 Å². The van der Waals surface area contributed by atoms with Crippen LogP contribution in [0.15, 0.2) is 72.8 Å². The number of amides is 1. The average molecular weight is 528 g/mol. The summed E-state index contributed by atoms with van der Waals surface area (Å²) in [6, 6.07) is 22.3. The van der Waals surface area contributed by atoms with Gasteiger partial charge >= 0.3 is 5.97 Å². The second kappa shape index (κ2) is 11.4. The molecular formula is C31H33N3O5. The summed E-state index contributed by atoms with van der Waals surface area (Å²) in [5.41, 5.74) is 3.91. The predicted molar refractivity (Wildman–Crippen MR) is 152 cm³/mol. The number of anilines is 1. The smallest absolute Gasteiger partial charge is 0.309 e. The molecule has 0 radical (unpaired) electrons. The highest BCUT2D eigenvalue weighted by molar-refractivity contribution is 5.92. The molecule has 39 heavy (non-hydrogen) atoms. The molecule has 0 aliphatic rings. The maximum atomic E-state index is 12.5. The van der Waals surface area contributed by atoms with E-state index in [0.717, 1.165) is 11.3 Å². The minimum atomic E-state index is -0.478. The van der Waals surface area contributed by atoms with Gasteiger partial charge in [0.2, 0.25) is 11.8 Å². The molecule has 0 unspecified atom stereocenters. The highest BCUT2D eigenvalue weighted by Crippen LogP contribution is 2.43. The molecule has 3 aromatic carbocycles. The van der Waals surface area contributed by atoms with Crippen molar-refractivity contribution in [2.24, 2.45) is 5.41 Å². The van der Waals surface area contributed by atoms with Crippen molar-refractivity contribution in [1.29, 1.82) is 0 Å². The number of carbonyl (C=O) groups is 2. The van der Waals surface area contributed by atoms with Crippen molar-refractivity contribution in [3.63, 3.8) is 0 Å². The summed E-state index contributed by atoms with van der Waals surface area (Å²) in [5.74, 6) is 0.923. The second-order valence-corrected chi connectivity index (χ2v) is 10.3. The summed E-state index contributed by atoms with van der Waals surface area (Å²) in [6.07, 6.45) is 0.400. The predicted octanol–water partition coefficient (Wildman–Crippen LogP) is 6.52. The highest BCUT2D eigenvalue weighted by Gasteiger charge is 2.25. The van der Waals surface area contributed by atoms with E-state index in [1.807, 2.05) is 87.5 Å². The molecule has 1 amide bonds. The maximum absolute atomic E-state index is 12.5. The number of benzene rings is 3. The summed E-state index contributed by atoms with van der Waals surface area (Å²) in [4.78, 5) is 24.7. The number of nitrogens with one attached hydrogen (secondary N) is 1. The Bertz CT molecular complexity index is 1450. The van der Waals surface area contributed by atoms with Crippen molar-refractivity contribution in [2.75, 3.05) is 19.5 Å². The van der Waals surface area contributed by atoms with Crippen LogP contribution in [0.3, 0.4) is 0 Å². The lowest BCUT2D eigenvalue weighted by atomic mass is 9.92. The van der Waals surface area contributed by atoms with Crippen LogP contribution in [0.4, 0.5) is 5.69 Å². The molecule has 0 fully saturated rings. The van der Waals surface area contributed by atoms with Crippen LogP contribution in [0.1, 0.15) is 34.1 Å². The SMILES string of the molecule is COc1cc(OC)cc(-c2nn(-c3ccccc3)c(OC(C)=O)c2-c2ccc(NC(=O)CC(C)(C)C)cc2)c1. The first kappa shape index (κ1) is 27.4. The van der Waals surface area contributed by atoms with Crippen LogP contribution >= 0.6 is 0 Å². The van der Waals surface area contributed by atoms with Gasteiger partial charge in [-0.1, -0.05) is 51.1 Å². The summed E-state index contributed by atoms with van der Waals surface area (Å²) in [6.45, 7) is 7.41. The fourth-order valence-corrected chi connectivity index (χ4v) is 4.19. The van der Waals surface area contributed by atoms with E-state index in [9.17, 15) is 9.59 Å². The monoisotopic (exact) mass is 527 g/mol. The Balaban J connectivity index is 1.89. The van der Waals surface area contributed by atoms with E-state index in [4.69, 9.17) is 19.3 Å². The Morgan fingerprint density at radius 2 is 1.49 bits per heavy atom. The summed E-state index contributed by atoms with van der Waals surface area (Å²) >= 11 is 0. The van der Waals surface area contributed by atoms with Crippen LogP contribution in [-0.4, -0.2) is 35.9 Å². The molecule has 0 saturated carbocycles. The van der Waals surface area contributed by atoms with Gasteiger partial charge in [-0.05, 0) is 47.4 Å². The van der Waals surface area contributed by atoms with Gasteiger partial charge in [0, 0.05) is 30.7 Å². The third kappa shape index (κ3) is 6.65. The number of ether oxygens (including phenoxy) is 3. The minimum Gasteiger partial charge on any atom is -0.497 e. The molecule has 8 nitrogen and oxygen atoms in total. The Labute approximate surface area is 228 Å². The third-order valence-electron chi connectivity index (χ3n) is 5.86. The fraction of sp³-hybridized carbons (Fsp3) is 0.258. The van der Waals surface area contributed by atoms with Gasteiger partial charge in [0.15, 0.2) is 0 Å². The Hall–Kier alpha value is -4.59. The lowest BCUT2D eigenvalue weighted by Crippen LogP contribution is -2.19. The molecule has 4 aromatic rings. The lowest BCUT2D eigenvalue weighted by molar-refractivity contribution is -0.132. The molecule has 1 N–H and O–H groups in total. The molecule has 0 aliphatic carbocycles. The standard InChI is InChI=1S/C31H33N3O5/c1-20(35)39-30-28(21-12-14-23(15-13-21)32-27(36)19-31(2,3)4)29(33-34(30)24-10-8-7-9-11-24)22-16-25(37-5)18-26(17-22)38-6/h7-18H,19H2,1-6H3,(H,32,36). The van der Waals surface area contributed by atoms with Crippen molar-refractivity contribution in [3.05, 3.63) is 72.8 Å². The van der Waals surface area contributed by atoms with Crippen molar-refractivity contribution in [2.45, 2.75) is 34.1 Å². The molecule has 202 valence electrons. The second-order valence-electron chi connectivity index (χ2n) is 10.3. The van der Waals surface area contributed by atoms with Gasteiger partial charge in [0.05, 0.1) is 25.5 Å². The first-order chi connectivity index (χ1) is 18.6. The molecule has 8 heteroatoms. The van der Waals surface area contributed by atoms with Crippen LogP contribution < -0.4 is 19.5 Å². The van der Waals surface area contributed by atoms with Gasteiger partial charge < -0.3 is 19.5 Å². The molecule has 0 bridgehead atoms. The minimum absolute atomic E-state index is 0.0584. The topological polar surface area (TPSA) is 91.7 Å². The quantitative estimate of drug-likeness (QED) is 0.262. The Morgan fingerprint density at radius 1 is 0.872 bits per heavy atom. The van der Waals surface area contributed by atoms with Crippen LogP contribution in [0.2, 0.25) is 0 Å². The van der Waals surface area contributed by atoms with Crippen LogP contribution in [0.25, 0.3) is 28.1 Å². The molecule has 0 saturated heterocycles. The van der Waals surface area contributed by atoms with Gasteiger partial charge in [0.25, 0.3) is 0 Å². The number of esters is 1. The summed E-state index contributed by atoms with van der Waals surface area (Å²) < 4.78 is 18.4. The van der Waals surface area contributed by atoms with E-state index in [1.165, 1.54) is 6.92 Å². The van der Waals surface area contributed by atoms with Crippen molar-refractivity contribution >= 4 is 17.6 Å². The number of carbonyl (C=O) groups excluding carboxylic acids is 2. The lowest BCUT2D eigenvalue weighted by Gasteiger charge is -2.17. The zero-order valence-corrected chi connectivity index (χ0v) is 23.1. The third-order valence-corrected chi connectivity index (χ3v) is 5.86. The number of methoxy groups -OCH3 is 2. The number of aromatic nitrogens is 2. The number of hydrogen-bond acceptors (Lipinski definition) is 6. The van der Waals surface area contributed by atoms with Crippen LogP contribution in [0.5, 0.6) is 17.4 Å². The van der Waals surface area contributed by atoms with E-state index in [2.05, 4.69) is 5.32 Å². The van der Waals surface area contributed by atoms with Gasteiger partial charge in [0.1, 0.15) is 17.2 Å². The highest BCUT2D eigenvalue weighted by atomic mass is 16.5. The molecule has 1 aromatic heterocycles. The van der Waals surface area contributed by atoms with Crippen LogP contribution in [-0.2, 0) is 9.59 Å². The van der Waals surface area contributed by atoms with Gasteiger partial charge in [-0.3, -0.25) is 9.59 Å². The molecule has 0 spiro atoms. The van der Waals surface area contributed by atoms with E-state index in [-0.39, 0.29) is 17.2 Å². The summed E-state index contributed by atoms with van der Waals surface area (Å²) in [5, 5.41) is 7.85. The van der Waals surface area contributed by atoms with E-state index >= 15 is 0 Å². The molecule has 0 aliphatic heterocycles. The zero-order chi connectivity index (χ0) is 28.2. The van der Waals surface area contributed by atoms with Gasteiger partial charge in [-0.2, -0.15) is 9.78 Å². The molecular weight excluding hydrogens is 494 g/mol. The van der Waals surface area contributed by atoms with Crippen molar-refractivity contribution in [1.82, 2.24) is 9.78 Å². The molecule has 0 atom stereocenters. The maximum Gasteiger partial charge on any atom is 0.309 e. The van der Waals surface area contributed by atoms with Gasteiger partial charge in [-0.15, -0.1) is 0 Å². The van der Waals surface area contributed by atoms with Crippen molar-refractivity contribution < 1.29 is 23.8 Å². The van der Waals surface area contributed by atoms with E-state index in [1.54, 1.807) is 25.0 Å². The Morgan fingerprint density at radius 3 is 2.03 bits per heavy atom. The van der Waals surface area contributed by atoms with Crippen molar-refractivity contribution in [3.8, 4) is 45.5 Å². The number of rotatable bonds is 8. The number of hydrogen-bond donors (Lipinski definition) is 1. The molecule has 1 heterocycles. The number of para-hydroxylation sites is 1. The van der Waals surface area contributed by atoms with Gasteiger partial charge in [-0.25, -0.2) is 0 Å². The first-order valence-corrected chi connectivity index (χ1v) is 12.6. The largest absolute Gasteiger partial charge is 0.497 e. The summed E-state index contributed by atoms with van der Waals surface area (Å²) in [7, 11) is 3.16. The zero-order valence-electron chi connectivity index (χ0n) is 23.1. The first-order valence-electron chi connectivity index (χ1n) is 12.6. The fourth-order valence-electron chi connectivity index (χ4n) is 4.19. The average Bonchev–Trinajstić information content (AvgIpc) is 3.26. The normalized spacial score (nSPS) is 11.1. The Kier molecular flexibility index (Phi) is 8.04. The van der Waals surface area contributed by atoms with E-state index in [0.29, 0.717) is 40.4 Å².